The lowest BCUT2D eigenvalue weighted by Crippen LogP contribution is -1.96. The molecule has 0 aliphatic heterocycles. The molecule has 2 N–H and O–H groups in total. The van der Waals surface area contributed by atoms with Crippen LogP contribution in [-0.2, 0) is 0 Å². The van der Waals surface area contributed by atoms with Crippen molar-refractivity contribution in [3.8, 4) is 16.9 Å². The molecule has 3 rings (SSSR count). The lowest BCUT2D eigenvalue weighted by Gasteiger charge is -2.09. The second kappa shape index (κ2) is 4.61. The highest BCUT2D eigenvalue weighted by molar-refractivity contribution is 5.63. The van der Waals surface area contributed by atoms with Crippen molar-refractivity contribution in [3.63, 3.8) is 0 Å². The Morgan fingerprint density at radius 2 is 1.89 bits per heavy atom. The molecular formula is C16H15N3. The monoisotopic (exact) mass is 249 g/mol. The topological polar surface area (TPSA) is 43.8 Å². The molecule has 94 valence electrons. The normalized spacial score (nSPS) is 10.6. The number of imidazole rings is 1. The molecule has 1 heterocycles. The molecule has 3 heteroatoms. The molecule has 19 heavy (non-hydrogen) atoms. The highest BCUT2D eigenvalue weighted by Crippen LogP contribution is 2.24. The molecule has 1 aromatic heterocycles. The highest BCUT2D eigenvalue weighted by Gasteiger charge is 2.07. The van der Waals surface area contributed by atoms with Gasteiger partial charge in [0.1, 0.15) is 0 Å². The minimum absolute atomic E-state index is 0.751. The van der Waals surface area contributed by atoms with Crippen molar-refractivity contribution in [2.45, 2.75) is 6.92 Å². The van der Waals surface area contributed by atoms with Crippen LogP contribution in [0.2, 0.25) is 0 Å². The van der Waals surface area contributed by atoms with Crippen molar-refractivity contribution in [1.29, 1.82) is 0 Å². The van der Waals surface area contributed by atoms with E-state index < -0.39 is 0 Å². The smallest absolute Gasteiger partial charge is 0.0997 e. The van der Waals surface area contributed by atoms with E-state index in [1.807, 2.05) is 41.4 Å². The highest BCUT2D eigenvalue weighted by atomic mass is 15.0. The second-order valence-corrected chi connectivity index (χ2v) is 4.61. The molecule has 3 nitrogen and oxygen atoms in total. The summed E-state index contributed by atoms with van der Waals surface area (Å²) < 4.78 is 2.05. The van der Waals surface area contributed by atoms with Crippen molar-refractivity contribution < 1.29 is 0 Å². The predicted octanol–water partition coefficient (Wildman–Crippen LogP) is 3.43. The van der Waals surface area contributed by atoms with Crippen molar-refractivity contribution in [2.24, 2.45) is 0 Å². The van der Waals surface area contributed by atoms with E-state index in [0.717, 1.165) is 22.6 Å². The first-order chi connectivity index (χ1) is 9.24. The number of nitrogen functional groups attached to an aromatic ring is 1. The molecule has 0 fully saturated rings. The molecule has 0 amide bonds. The summed E-state index contributed by atoms with van der Waals surface area (Å²) in [6, 6.07) is 16.2. The van der Waals surface area contributed by atoms with E-state index in [9.17, 15) is 0 Å². The lowest BCUT2D eigenvalue weighted by molar-refractivity contribution is 1.06. The number of benzene rings is 2. The molecule has 0 radical (unpaired) electrons. The van der Waals surface area contributed by atoms with Gasteiger partial charge in [-0.15, -0.1) is 0 Å². The lowest BCUT2D eigenvalue weighted by atomic mass is 10.1. The van der Waals surface area contributed by atoms with Gasteiger partial charge >= 0.3 is 0 Å². The second-order valence-electron chi connectivity index (χ2n) is 4.61. The zero-order valence-electron chi connectivity index (χ0n) is 10.7. The number of anilines is 1. The van der Waals surface area contributed by atoms with Gasteiger partial charge in [-0.1, -0.05) is 29.8 Å². The maximum atomic E-state index is 5.84. The molecule has 0 saturated carbocycles. The van der Waals surface area contributed by atoms with Crippen molar-refractivity contribution in [3.05, 3.63) is 66.6 Å². The Kier molecular flexibility index (Phi) is 2.80. The quantitative estimate of drug-likeness (QED) is 0.707. The summed E-state index contributed by atoms with van der Waals surface area (Å²) in [5.41, 5.74) is 11.1. The minimum Gasteiger partial charge on any atom is -0.399 e. The van der Waals surface area contributed by atoms with Gasteiger partial charge < -0.3 is 5.73 Å². The van der Waals surface area contributed by atoms with Crippen LogP contribution in [0.1, 0.15) is 5.56 Å². The first kappa shape index (κ1) is 11.5. The summed E-state index contributed by atoms with van der Waals surface area (Å²) in [5.74, 6) is 0. The first-order valence-electron chi connectivity index (χ1n) is 6.19. The SMILES string of the molecule is Cc1cccc(-c2cncn2-c2cccc(N)c2)c1. The number of aromatic nitrogens is 2. The van der Waals surface area contributed by atoms with Crippen molar-refractivity contribution in [2.75, 3.05) is 5.73 Å². The third kappa shape index (κ3) is 2.22. The Morgan fingerprint density at radius 3 is 2.68 bits per heavy atom. The number of nitrogens with two attached hydrogens (primary N) is 1. The number of aryl methyl sites for hydroxylation is 1. The van der Waals surface area contributed by atoms with E-state index >= 15 is 0 Å². The zero-order valence-corrected chi connectivity index (χ0v) is 10.7. The van der Waals surface area contributed by atoms with Crippen LogP contribution >= 0.6 is 0 Å². The number of hydrogen-bond donors (Lipinski definition) is 1. The van der Waals surface area contributed by atoms with Crippen LogP contribution in [0.5, 0.6) is 0 Å². The average Bonchev–Trinajstić information content (AvgIpc) is 2.88. The molecular weight excluding hydrogens is 234 g/mol. The molecule has 0 saturated heterocycles. The Hall–Kier alpha value is -2.55. The number of hydrogen-bond acceptors (Lipinski definition) is 2. The van der Waals surface area contributed by atoms with Gasteiger partial charge in [0.25, 0.3) is 0 Å². The van der Waals surface area contributed by atoms with Crippen LogP contribution in [0, 0.1) is 6.92 Å². The summed E-state index contributed by atoms with van der Waals surface area (Å²) >= 11 is 0. The summed E-state index contributed by atoms with van der Waals surface area (Å²) in [7, 11) is 0. The van der Waals surface area contributed by atoms with Gasteiger partial charge in [-0.3, -0.25) is 4.57 Å². The van der Waals surface area contributed by atoms with Crippen molar-refractivity contribution in [1.82, 2.24) is 9.55 Å². The molecule has 0 bridgehead atoms. The van der Waals surface area contributed by atoms with E-state index in [-0.39, 0.29) is 0 Å². The number of nitrogens with zero attached hydrogens (tertiary/aromatic N) is 2. The molecule has 0 unspecified atom stereocenters. The van der Waals surface area contributed by atoms with Crippen LogP contribution in [0.25, 0.3) is 16.9 Å². The van der Waals surface area contributed by atoms with Gasteiger partial charge in [0.05, 0.1) is 18.2 Å². The van der Waals surface area contributed by atoms with Crippen LogP contribution in [0.15, 0.2) is 61.1 Å². The minimum atomic E-state index is 0.751. The maximum Gasteiger partial charge on any atom is 0.0997 e. The molecule has 3 aromatic rings. The van der Waals surface area contributed by atoms with Crippen LogP contribution in [0.4, 0.5) is 5.69 Å². The van der Waals surface area contributed by atoms with E-state index in [2.05, 4.69) is 36.2 Å². The predicted molar refractivity (Wildman–Crippen MR) is 78.1 cm³/mol. The Bertz CT molecular complexity index is 653. The largest absolute Gasteiger partial charge is 0.399 e. The van der Waals surface area contributed by atoms with Crippen molar-refractivity contribution >= 4 is 5.69 Å². The van der Waals surface area contributed by atoms with Gasteiger partial charge in [0.15, 0.2) is 0 Å². The van der Waals surface area contributed by atoms with E-state index in [1.165, 1.54) is 5.56 Å². The van der Waals surface area contributed by atoms with E-state index in [1.54, 1.807) is 0 Å². The molecule has 0 aliphatic rings. The third-order valence-corrected chi connectivity index (χ3v) is 3.10. The molecule has 0 aliphatic carbocycles. The van der Waals surface area contributed by atoms with Gasteiger partial charge in [-0.25, -0.2) is 4.98 Å². The average molecular weight is 249 g/mol. The standard InChI is InChI=1S/C16H15N3/c1-12-4-2-5-13(8-12)16-10-18-11-19(16)15-7-3-6-14(17)9-15/h2-11H,17H2,1H3. The Balaban J connectivity index is 2.13. The van der Waals surface area contributed by atoms with Crippen LogP contribution in [0.3, 0.4) is 0 Å². The third-order valence-electron chi connectivity index (χ3n) is 3.10. The fourth-order valence-corrected chi connectivity index (χ4v) is 2.19. The van der Waals surface area contributed by atoms with E-state index in [0.29, 0.717) is 0 Å². The maximum absolute atomic E-state index is 5.84. The number of rotatable bonds is 2. The van der Waals surface area contributed by atoms with Gasteiger partial charge in [-0.2, -0.15) is 0 Å². The Morgan fingerprint density at radius 1 is 1.05 bits per heavy atom. The summed E-state index contributed by atoms with van der Waals surface area (Å²) in [5, 5.41) is 0. The molecule has 0 spiro atoms. The van der Waals surface area contributed by atoms with Crippen LogP contribution in [-0.4, -0.2) is 9.55 Å². The Labute approximate surface area is 112 Å². The molecule has 2 aromatic carbocycles. The summed E-state index contributed by atoms with van der Waals surface area (Å²) in [4.78, 5) is 4.26. The van der Waals surface area contributed by atoms with Gasteiger partial charge in [0, 0.05) is 16.9 Å². The van der Waals surface area contributed by atoms with Gasteiger partial charge in [-0.05, 0) is 31.2 Å². The molecule has 0 atom stereocenters. The first-order valence-corrected chi connectivity index (χ1v) is 6.19. The fraction of sp³-hybridized carbons (Fsp3) is 0.0625. The van der Waals surface area contributed by atoms with Crippen LogP contribution < -0.4 is 5.73 Å². The van der Waals surface area contributed by atoms with Gasteiger partial charge in [0.2, 0.25) is 0 Å². The fourth-order valence-electron chi connectivity index (χ4n) is 2.19. The zero-order chi connectivity index (χ0) is 13.2. The summed E-state index contributed by atoms with van der Waals surface area (Å²) in [6.45, 7) is 2.09. The summed E-state index contributed by atoms with van der Waals surface area (Å²) in [6.07, 6.45) is 3.68. The van der Waals surface area contributed by atoms with E-state index in [4.69, 9.17) is 5.73 Å².